The smallest absolute Gasteiger partial charge is 0.127 e. The molecule has 106 valence electrons. The number of benzene rings is 1. The monoisotopic (exact) mass is 277 g/mol. The largest absolute Gasteiger partial charge is 0.295 e. The topological polar surface area (TPSA) is 18.8 Å². The highest BCUT2D eigenvalue weighted by Crippen LogP contribution is 2.36. The Balaban J connectivity index is 2.10. The van der Waals surface area contributed by atoms with Crippen LogP contribution >= 0.6 is 0 Å². The normalized spacial score (nSPS) is 18.0. The molecular formula is C18H19N3. The molecule has 3 heteroatoms. The Bertz CT molecular complexity index is 665. The molecule has 21 heavy (non-hydrogen) atoms. The molecule has 3 nitrogen and oxygen atoms in total. The number of hydrogen-bond donors (Lipinski definition) is 0. The van der Waals surface area contributed by atoms with Crippen LogP contribution in [-0.2, 0) is 6.54 Å². The van der Waals surface area contributed by atoms with E-state index in [1.807, 2.05) is 11.9 Å². The molecule has 0 amide bonds. The number of nitrogens with zero attached hydrogens (tertiary/aromatic N) is 3. The highest BCUT2D eigenvalue weighted by Gasteiger charge is 2.26. The number of anilines is 1. The fourth-order valence-electron chi connectivity index (χ4n) is 2.62. The molecule has 0 unspecified atom stereocenters. The first-order valence-corrected chi connectivity index (χ1v) is 7.17. The van der Waals surface area contributed by atoms with Crippen molar-refractivity contribution in [2.45, 2.75) is 19.9 Å². The molecule has 0 saturated carbocycles. The Morgan fingerprint density at radius 3 is 2.95 bits per heavy atom. The molecule has 0 spiro atoms. The molecule has 0 aromatic heterocycles. The van der Waals surface area contributed by atoms with Gasteiger partial charge < -0.3 is 0 Å². The van der Waals surface area contributed by atoms with Crippen molar-refractivity contribution in [2.75, 3.05) is 4.90 Å². The molecule has 0 bridgehead atoms. The van der Waals surface area contributed by atoms with E-state index in [-0.39, 0.29) is 0 Å². The fourth-order valence-corrected chi connectivity index (χ4v) is 2.62. The number of para-hydroxylation sites is 1. The minimum Gasteiger partial charge on any atom is -0.295 e. The molecule has 1 aliphatic heterocycles. The zero-order valence-corrected chi connectivity index (χ0v) is 12.2. The Morgan fingerprint density at radius 2 is 2.10 bits per heavy atom. The summed E-state index contributed by atoms with van der Waals surface area (Å²) in [6, 6.07) is 8.41. The van der Waals surface area contributed by atoms with Crippen molar-refractivity contribution < 1.29 is 0 Å². The van der Waals surface area contributed by atoms with Gasteiger partial charge in [0.05, 0.1) is 12.2 Å². The lowest BCUT2D eigenvalue weighted by atomic mass is 10.1. The quantitative estimate of drug-likeness (QED) is 0.755. The molecule has 3 rings (SSSR count). The van der Waals surface area contributed by atoms with Crippen molar-refractivity contribution in [3.05, 3.63) is 78.3 Å². The highest BCUT2D eigenvalue weighted by molar-refractivity contribution is 5.67. The van der Waals surface area contributed by atoms with Crippen molar-refractivity contribution in [1.82, 2.24) is 5.01 Å². The molecule has 1 aromatic rings. The van der Waals surface area contributed by atoms with Gasteiger partial charge in [-0.05, 0) is 37.1 Å². The van der Waals surface area contributed by atoms with Crippen molar-refractivity contribution in [3.63, 3.8) is 0 Å². The minimum absolute atomic E-state index is 0.753. The minimum atomic E-state index is 0.753. The summed E-state index contributed by atoms with van der Waals surface area (Å²) in [6.07, 6.45) is 13.4. The first-order valence-electron chi connectivity index (χ1n) is 7.17. The standard InChI is InChI=1S/C18H19N3/c1-3-19-20-14-16-10-8-9-13-18(16)21(15(20)2)17-11-6-4-5-7-12-17/h3-4,6-13H,2,5,14H2,1H3/b19-3-. The zero-order valence-electron chi connectivity index (χ0n) is 12.2. The number of rotatable bonds is 2. The summed E-state index contributed by atoms with van der Waals surface area (Å²) in [5, 5.41) is 6.37. The van der Waals surface area contributed by atoms with E-state index in [0.717, 1.165) is 24.5 Å². The van der Waals surface area contributed by atoms with Crippen LogP contribution < -0.4 is 4.90 Å². The fraction of sp³-hybridized carbons (Fsp3) is 0.167. The molecule has 0 fully saturated rings. The van der Waals surface area contributed by atoms with Crippen LogP contribution in [0.25, 0.3) is 0 Å². The Hall–Kier alpha value is -2.55. The highest BCUT2D eigenvalue weighted by atomic mass is 15.5. The van der Waals surface area contributed by atoms with Crippen LogP contribution in [0.3, 0.4) is 0 Å². The lowest BCUT2D eigenvalue weighted by Gasteiger charge is -2.39. The number of fused-ring (bicyclic) bond motifs is 1. The van der Waals surface area contributed by atoms with Gasteiger partial charge in [-0.15, -0.1) is 0 Å². The Morgan fingerprint density at radius 1 is 1.24 bits per heavy atom. The molecule has 0 radical (unpaired) electrons. The third-order valence-corrected chi connectivity index (χ3v) is 3.59. The number of hydrogen-bond acceptors (Lipinski definition) is 3. The van der Waals surface area contributed by atoms with E-state index in [1.165, 1.54) is 11.3 Å². The van der Waals surface area contributed by atoms with Gasteiger partial charge in [-0.2, -0.15) is 5.10 Å². The first kappa shape index (κ1) is 13.4. The SMILES string of the molecule is C=C1N(/N=C\C)Cc2ccccc2N1C1=CC=CCC=C1. The molecule has 2 aliphatic rings. The lowest BCUT2D eigenvalue weighted by Crippen LogP contribution is -2.36. The van der Waals surface area contributed by atoms with Gasteiger partial charge in [0, 0.05) is 11.9 Å². The zero-order chi connectivity index (χ0) is 14.7. The maximum atomic E-state index is 4.43. The average Bonchev–Trinajstić information content (AvgIpc) is 2.77. The van der Waals surface area contributed by atoms with Gasteiger partial charge in [0.25, 0.3) is 0 Å². The predicted molar refractivity (Wildman–Crippen MR) is 88.8 cm³/mol. The van der Waals surface area contributed by atoms with Crippen LogP contribution in [0.5, 0.6) is 0 Å². The molecule has 0 atom stereocenters. The van der Waals surface area contributed by atoms with E-state index in [0.29, 0.717) is 0 Å². The third kappa shape index (κ3) is 2.55. The third-order valence-electron chi connectivity index (χ3n) is 3.59. The van der Waals surface area contributed by atoms with Crippen molar-refractivity contribution in [1.29, 1.82) is 0 Å². The van der Waals surface area contributed by atoms with Crippen LogP contribution in [0, 0.1) is 0 Å². The van der Waals surface area contributed by atoms with Gasteiger partial charge in [0.1, 0.15) is 5.82 Å². The predicted octanol–water partition coefficient (Wildman–Crippen LogP) is 4.19. The second kappa shape index (κ2) is 5.83. The lowest BCUT2D eigenvalue weighted by molar-refractivity contribution is 0.341. The van der Waals surface area contributed by atoms with Gasteiger partial charge in [-0.25, -0.2) is 5.01 Å². The number of hydrazone groups is 1. The molecule has 0 saturated heterocycles. The van der Waals surface area contributed by atoms with E-state index in [4.69, 9.17) is 0 Å². The van der Waals surface area contributed by atoms with Crippen LogP contribution in [0.2, 0.25) is 0 Å². The van der Waals surface area contributed by atoms with E-state index in [2.05, 4.69) is 71.2 Å². The Labute approximate surface area is 125 Å². The summed E-state index contributed by atoms with van der Waals surface area (Å²) in [6.45, 7) is 6.91. The van der Waals surface area contributed by atoms with E-state index in [1.54, 1.807) is 6.21 Å². The van der Waals surface area contributed by atoms with Gasteiger partial charge in [-0.3, -0.25) is 4.90 Å². The summed E-state index contributed by atoms with van der Waals surface area (Å²) in [5.41, 5.74) is 3.53. The van der Waals surface area contributed by atoms with Crippen molar-refractivity contribution >= 4 is 11.9 Å². The summed E-state index contributed by atoms with van der Waals surface area (Å²) in [5.74, 6) is 0.873. The summed E-state index contributed by atoms with van der Waals surface area (Å²) >= 11 is 0. The van der Waals surface area contributed by atoms with E-state index >= 15 is 0 Å². The van der Waals surface area contributed by atoms with Crippen LogP contribution in [-0.4, -0.2) is 11.2 Å². The summed E-state index contributed by atoms with van der Waals surface area (Å²) < 4.78 is 0. The van der Waals surface area contributed by atoms with Gasteiger partial charge in [0.2, 0.25) is 0 Å². The van der Waals surface area contributed by atoms with Crippen LogP contribution in [0.15, 0.2) is 77.8 Å². The van der Waals surface area contributed by atoms with Gasteiger partial charge >= 0.3 is 0 Å². The number of allylic oxidation sites excluding steroid dienone is 5. The second-order valence-electron chi connectivity index (χ2n) is 4.97. The van der Waals surface area contributed by atoms with Crippen LogP contribution in [0.1, 0.15) is 18.9 Å². The average molecular weight is 277 g/mol. The summed E-state index contributed by atoms with van der Waals surface area (Å²) in [7, 11) is 0. The van der Waals surface area contributed by atoms with Gasteiger partial charge in [-0.1, -0.05) is 43.0 Å². The summed E-state index contributed by atoms with van der Waals surface area (Å²) in [4.78, 5) is 2.16. The molecular weight excluding hydrogens is 258 g/mol. The maximum absolute atomic E-state index is 4.43. The molecule has 1 aliphatic carbocycles. The van der Waals surface area contributed by atoms with Crippen LogP contribution in [0.4, 0.5) is 5.69 Å². The molecule has 0 N–H and O–H groups in total. The second-order valence-corrected chi connectivity index (χ2v) is 4.97. The Kier molecular flexibility index (Phi) is 3.73. The van der Waals surface area contributed by atoms with E-state index in [9.17, 15) is 0 Å². The maximum Gasteiger partial charge on any atom is 0.127 e. The van der Waals surface area contributed by atoms with Gasteiger partial charge in [0.15, 0.2) is 0 Å². The first-order chi connectivity index (χ1) is 10.3. The molecule has 1 heterocycles. The van der Waals surface area contributed by atoms with Crippen molar-refractivity contribution in [3.8, 4) is 0 Å². The van der Waals surface area contributed by atoms with Crippen molar-refractivity contribution in [2.24, 2.45) is 5.10 Å². The molecule has 1 aromatic carbocycles. The van der Waals surface area contributed by atoms with E-state index < -0.39 is 0 Å².